The van der Waals surface area contributed by atoms with Crippen LogP contribution in [-0.4, -0.2) is 23.4 Å². The molecule has 0 spiro atoms. The van der Waals surface area contributed by atoms with Crippen LogP contribution in [0.3, 0.4) is 0 Å². The molecule has 0 saturated carbocycles. The van der Waals surface area contributed by atoms with Crippen molar-refractivity contribution in [3.63, 3.8) is 0 Å². The van der Waals surface area contributed by atoms with Gasteiger partial charge in [-0.15, -0.1) is 6.58 Å². The predicted molar refractivity (Wildman–Crippen MR) is 113 cm³/mol. The number of imide groups is 1. The van der Waals surface area contributed by atoms with Crippen LogP contribution in [0.4, 0.5) is 4.79 Å². The van der Waals surface area contributed by atoms with Gasteiger partial charge in [0.1, 0.15) is 18.1 Å². The highest BCUT2D eigenvalue weighted by molar-refractivity contribution is 9.10. The number of amides is 3. The molecule has 0 aromatic heterocycles. The third-order valence-electron chi connectivity index (χ3n) is 3.92. The van der Waals surface area contributed by atoms with E-state index in [0.29, 0.717) is 21.4 Å². The van der Waals surface area contributed by atoms with Gasteiger partial charge >= 0.3 is 6.03 Å². The molecule has 28 heavy (non-hydrogen) atoms. The second-order valence-electron chi connectivity index (χ2n) is 5.91. The number of carbonyl (C=O) groups is 2. The molecule has 1 N–H and O–H groups in total. The number of nitrogens with one attached hydrogen (secondary N) is 1. The summed E-state index contributed by atoms with van der Waals surface area (Å²) in [5.74, 6) is 0.131. The van der Waals surface area contributed by atoms with Crippen LogP contribution >= 0.6 is 39.1 Å². The minimum atomic E-state index is -0.482. The summed E-state index contributed by atoms with van der Waals surface area (Å²) in [5.41, 5.74) is 1.65. The Morgan fingerprint density at radius 2 is 1.93 bits per heavy atom. The van der Waals surface area contributed by atoms with Gasteiger partial charge in [0.2, 0.25) is 0 Å². The predicted octanol–water partition coefficient (Wildman–Crippen LogP) is 5.41. The maximum absolute atomic E-state index is 12.4. The number of halogens is 3. The van der Waals surface area contributed by atoms with E-state index in [0.717, 1.165) is 14.9 Å². The molecular formula is C20H15BrCl2N2O3. The standard InChI is InChI=1S/C20H15BrCl2N2O3/c1-2-7-25-19(26)17(24-20(25)27)10-13-9-14(21)4-6-18(13)28-11-12-3-5-15(22)16(23)8-12/h2-6,8-10H,1,7,11H2,(H,24,27)/b17-10+. The summed E-state index contributed by atoms with van der Waals surface area (Å²) in [6.07, 6.45) is 3.07. The molecule has 2 aromatic rings. The molecule has 0 atom stereocenters. The van der Waals surface area contributed by atoms with Gasteiger partial charge in [-0.25, -0.2) is 4.79 Å². The minimum Gasteiger partial charge on any atom is -0.488 e. The average molecular weight is 482 g/mol. The van der Waals surface area contributed by atoms with Crippen LogP contribution in [0.15, 0.2) is 59.2 Å². The van der Waals surface area contributed by atoms with Crippen LogP contribution in [0.25, 0.3) is 6.08 Å². The molecule has 0 bridgehead atoms. The minimum absolute atomic E-state index is 0.140. The number of hydrogen-bond acceptors (Lipinski definition) is 3. The van der Waals surface area contributed by atoms with E-state index in [1.165, 1.54) is 6.08 Å². The first-order chi connectivity index (χ1) is 13.4. The lowest BCUT2D eigenvalue weighted by Crippen LogP contribution is -2.30. The van der Waals surface area contributed by atoms with Crippen molar-refractivity contribution in [1.82, 2.24) is 10.2 Å². The van der Waals surface area contributed by atoms with Crippen molar-refractivity contribution in [2.45, 2.75) is 6.61 Å². The van der Waals surface area contributed by atoms with E-state index in [-0.39, 0.29) is 18.8 Å². The molecule has 3 rings (SSSR count). The van der Waals surface area contributed by atoms with Gasteiger partial charge in [0.15, 0.2) is 0 Å². The summed E-state index contributed by atoms with van der Waals surface area (Å²) in [6, 6.07) is 10.2. The maximum Gasteiger partial charge on any atom is 0.329 e. The van der Waals surface area contributed by atoms with Crippen molar-refractivity contribution >= 4 is 57.1 Å². The molecule has 1 fully saturated rings. The van der Waals surface area contributed by atoms with Crippen molar-refractivity contribution in [3.05, 3.63) is 80.4 Å². The van der Waals surface area contributed by atoms with Crippen LogP contribution in [0.5, 0.6) is 5.75 Å². The fraction of sp³-hybridized carbons (Fsp3) is 0.100. The number of benzene rings is 2. The Bertz CT molecular complexity index is 991. The summed E-state index contributed by atoms with van der Waals surface area (Å²) in [5, 5.41) is 3.49. The van der Waals surface area contributed by atoms with Gasteiger partial charge in [0.05, 0.1) is 10.0 Å². The average Bonchev–Trinajstić information content (AvgIpc) is 2.92. The van der Waals surface area contributed by atoms with Gasteiger partial charge in [-0.1, -0.05) is 51.3 Å². The van der Waals surface area contributed by atoms with Crippen LogP contribution < -0.4 is 10.1 Å². The SMILES string of the molecule is C=CCN1C(=O)N/C(=C/c2cc(Br)ccc2OCc2ccc(Cl)c(Cl)c2)C1=O. The highest BCUT2D eigenvalue weighted by Gasteiger charge is 2.32. The Morgan fingerprint density at radius 1 is 1.14 bits per heavy atom. The van der Waals surface area contributed by atoms with E-state index in [4.69, 9.17) is 27.9 Å². The third-order valence-corrected chi connectivity index (χ3v) is 5.16. The van der Waals surface area contributed by atoms with Gasteiger partial charge in [0, 0.05) is 16.6 Å². The quantitative estimate of drug-likeness (QED) is 0.340. The highest BCUT2D eigenvalue weighted by atomic mass is 79.9. The van der Waals surface area contributed by atoms with Crippen molar-refractivity contribution in [1.29, 1.82) is 0 Å². The lowest BCUT2D eigenvalue weighted by Gasteiger charge is -2.11. The second-order valence-corrected chi connectivity index (χ2v) is 7.64. The Kier molecular flexibility index (Phi) is 6.44. The van der Waals surface area contributed by atoms with Gasteiger partial charge in [-0.3, -0.25) is 9.69 Å². The lowest BCUT2D eigenvalue weighted by molar-refractivity contribution is -0.122. The molecular weight excluding hydrogens is 467 g/mol. The van der Waals surface area contributed by atoms with Gasteiger partial charge in [-0.05, 0) is 42.0 Å². The molecule has 8 heteroatoms. The Balaban J connectivity index is 1.85. The number of hydrogen-bond donors (Lipinski definition) is 1. The van der Waals surface area contributed by atoms with Gasteiger partial charge in [-0.2, -0.15) is 0 Å². The molecule has 144 valence electrons. The number of rotatable bonds is 6. The van der Waals surface area contributed by atoms with E-state index in [1.807, 2.05) is 12.1 Å². The van der Waals surface area contributed by atoms with E-state index in [1.54, 1.807) is 30.3 Å². The maximum atomic E-state index is 12.4. The van der Waals surface area contributed by atoms with Crippen molar-refractivity contribution in [2.75, 3.05) is 6.54 Å². The first-order valence-electron chi connectivity index (χ1n) is 8.20. The topological polar surface area (TPSA) is 58.6 Å². The zero-order valence-corrected chi connectivity index (χ0v) is 17.6. The van der Waals surface area contributed by atoms with Crippen LogP contribution in [-0.2, 0) is 11.4 Å². The molecule has 0 aliphatic carbocycles. The van der Waals surface area contributed by atoms with Crippen molar-refractivity contribution in [3.8, 4) is 5.75 Å². The molecule has 1 heterocycles. The first-order valence-corrected chi connectivity index (χ1v) is 9.75. The number of carbonyl (C=O) groups excluding carboxylic acids is 2. The zero-order valence-electron chi connectivity index (χ0n) is 14.5. The molecule has 1 aliphatic heterocycles. The molecule has 5 nitrogen and oxygen atoms in total. The molecule has 3 amide bonds. The van der Waals surface area contributed by atoms with E-state index < -0.39 is 11.9 Å². The number of ether oxygens (including phenoxy) is 1. The molecule has 2 aromatic carbocycles. The highest BCUT2D eigenvalue weighted by Crippen LogP contribution is 2.28. The van der Waals surface area contributed by atoms with E-state index in [2.05, 4.69) is 27.8 Å². The molecule has 0 radical (unpaired) electrons. The van der Waals surface area contributed by atoms with Crippen molar-refractivity contribution in [2.24, 2.45) is 0 Å². The Labute approximate surface area is 180 Å². The summed E-state index contributed by atoms with van der Waals surface area (Å²) < 4.78 is 6.71. The fourth-order valence-electron chi connectivity index (χ4n) is 2.58. The summed E-state index contributed by atoms with van der Waals surface area (Å²) in [6.45, 7) is 3.96. The summed E-state index contributed by atoms with van der Waals surface area (Å²) >= 11 is 15.4. The Hall–Kier alpha value is -2.28. The largest absolute Gasteiger partial charge is 0.488 e. The Morgan fingerprint density at radius 3 is 2.64 bits per heavy atom. The van der Waals surface area contributed by atoms with E-state index >= 15 is 0 Å². The molecule has 1 saturated heterocycles. The van der Waals surface area contributed by atoms with Crippen LogP contribution in [0, 0.1) is 0 Å². The van der Waals surface area contributed by atoms with Crippen LogP contribution in [0.1, 0.15) is 11.1 Å². The third kappa shape index (κ3) is 4.58. The van der Waals surface area contributed by atoms with Crippen LogP contribution in [0.2, 0.25) is 10.0 Å². The fourth-order valence-corrected chi connectivity index (χ4v) is 3.28. The van der Waals surface area contributed by atoms with Gasteiger partial charge < -0.3 is 10.1 Å². The smallest absolute Gasteiger partial charge is 0.329 e. The lowest BCUT2D eigenvalue weighted by atomic mass is 10.1. The monoisotopic (exact) mass is 480 g/mol. The molecule has 0 unspecified atom stereocenters. The summed E-state index contributed by atoms with van der Waals surface area (Å²) in [7, 11) is 0. The van der Waals surface area contributed by atoms with Crippen molar-refractivity contribution < 1.29 is 14.3 Å². The second kappa shape index (κ2) is 8.82. The zero-order chi connectivity index (χ0) is 20.3. The van der Waals surface area contributed by atoms with Gasteiger partial charge in [0.25, 0.3) is 5.91 Å². The molecule has 1 aliphatic rings. The normalized spacial score (nSPS) is 15.1. The summed E-state index contributed by atoms with van der Waals surface area (Å²) in [4.78, 5) is 25.4. The number of nitrogens with zero attached hydrogens (tertiary/aromatic N) is 1. The first kappa shape index (κ1) is 20.5. The van der Waals surface area contributed by atoms with E-state index in [9.17, 15) is 9.59 Å². The number of urea groups is 1.